The molecule has 10 heavy (non-hydrogen) atoms. The molecule has 1 aliphatic carbocycles. The van der Waals surface area contributed by atoms with E-state index in [9.17, 15) is 0 Å². The molecule has 0 aromatic rings. The van der Waals surface area contributed by atoms with Gasteiger partial charge in [0.05, 0.1) is 6.10 Å². The van der Waals surface area contributed by atoms with Crippen LogP contribution in [0, 0.1) is 0 Å². The quantitative estimate of drug-likeness (QED) is 0.574. The summed E-state index contributed by atoms with van der Waals surface area (Å²) >= 11 is 0. The van der Waals surface area contributed by atoms with E-state index in [0.29, 0.717) is 12.1 Å². The van der Waals surface area contributed by atoms with E-state index >= 15 is 0 Å². The van der Waals surface area contributed by atoms with E-state index in [0.717, 1.165) is 12.8 Å². The molecule has 1 N–H and O–H groups in total. The zero-order chi connectivity index (χ0) is 7.56. The highest BCUT2D eigenvalue weighted by Crippen LogP contribution is 2.22. The molecule has 0 aromatic carbocycles. The molecule has 1 aliphatic rings. The molecule has 0 radical (unpaired) electrons. The lowest BCUT2D eigenvalue weighted by molar-refractivity contribution is -0.000777. The standard InChI is InChI=1S/C7H16N2O/c1-9(2)8-6-4-7(5-6)10-3/h6-8H,4-5H2,1-3H3. The van der Waals surface area contributed by atoms with Gasteiger partial charge in [-0.15, -0.1) is 0 Å². The maximum absolute atomic E-state index is 5.14. The number of hydrogen-bond donors (Lipinski definition) is 1. The Hall–Kier alpha value is -0.120. The first-order valence-corrected chi connectivity index (χ1v) is 3.68. The molecule has 0 aliphatic heterocycles. The second-order valence-electron chi connectivity index (χ2n) is 3.05. The molecule has 0 atom stereocenters. The van der Waals surface area contributed by atoms with Gasteiger partial charge in [-0.3, -0.25) is 10.4 Å². The van der Waals surface area contributed by atoms with Gasteiger partial charge in [-0.2, -0.15) is 0 Å². The van der Waals surface area contributed by atoms with Crippen molar-refractivity contribution in [3.63, 3.8) is 0 Å². The summed E-state index contributed by atoms with van der Waals surface area (Å²) in [5, 5.41) is 2.00. The summed E-state index contributed by atoms with van der Waals surface area (Å²) in [6.07, 6.45) is 2.79. The molecule has 0 saturated heterocycles. The lowest BCUT2D eigenvalue weighted by Crippen LogP contribution is -2.50. The Morgan fingerprint density at radius 1 is 1.40 bits per heavy atom. The summed E-state index contributed by atoms with van der Waals surface area (Å²) in [5.41, 5.74) is 3.30. The summed E-state index contributed by atoms with van der Waals surface area (Å²) < 4.78 is 5.14. The number of nitrogens with one attached hydrogen (secondary N) is 1. The largest absolute Gasteiger partial charge is 0.381 e. The highest BCUT2D eigenvalue weighted by atomic mass is 16.5. The minimum Gasteiger partial charge on any atom is -0.381 e. The Bertz CT molecular complexity index is 99.8. The molecule has 0 bridgehead atoms. The van der Waals surface area contributed by atoms with Crippen LogP contribution in [-0.2, 0) is 4.74 Å². The number of hydrogen-bond acceptors (Lipinski definition) is 3. The van der Waals surface area contributed by atoms with Crippen LogP contribution in [0.2, 0.25) is 0 Å². The predicted octanol–water partition coefficient (Wildman–Crippen LogP) is 0.230. The summed E-state index contributed by atoms with van der Waals surface area (Å²) in [7, 11) is 5.80. The van der Waals surface area contributed by atoms with Gasteiger partial charge in [0.15, 0.2) is 0 Å². The maximum atomic E-state index is 5.14. The van der Waals surface area contributed by atoms with Crippen molar-refractivity contribution in [2.24, 2.45) is 0 Å². The number of methoxy groups -OCH3 is 1. The minimum absolute atomic E-state index is 0.498. The smallest absolute Gasteiger partial charge is 0.0602 e. The van der Waals surface area contributed by atoms with Crippen molar-refractivity contribution < 1.29 is 4.74 Å². The SMILES string of the molecule is COC1CC(NN(C)C)C1. The Morgan fingerprint density at radius 2 is 2.00 bits per heavy atom. The first-order chi connectivity index (χ1) is 4.72. The summed E-state index contributed by atoms with van der Waals surface area (Å²) in [4.78, 5) is 0. The Balaban J connectivity index is 2.03. The minimum atomic E-state index is 0.498. The van der Waals surface area contributed by atoms with Crippen molar-refractivity contribution in [2.75, 3.05) is 21.2 Å². The lowest BCUT2D eigenvalue weighted by Gasteiger charge is -2.36. The van der Waals surface area contributed by atoms with Gasteiger partial charge in [0.1, 0.15) is 0 Å². The van der Waals surface area contributed by atoms with E-state index < -0.39 is 0 Å². The average Bonchev–Trinajstić information content (AvgIpc) is 1.76. The molecule has 3 heteroatoms. The van der Waals surface area contributed by atoms with Crippen LogP contribution < -0.4 is 5.43 Å². The van der Waals surface area contributed by atoms with Crippen molar-refractivity contribution in [3.8, 4) is 0 Å². The second kappa shape index (κ2) is 3.32. The van der Waals surface area contributed by atoms with Crippen LogP contribution in [0.25, 0.3) is 0 Å². The third-order valence-electron chi connectivity index (χ3n) is 1.87. The van der Waals surface area contributed by atoms with Gasteiger partial charge < -0.3 is 4.74 Å². The molecule has 0 aromatic heterocycles. The van der Waals surface area contributed by atoms with Crippen molar-refractivity contribution in [1.82, 2.24) is 10.4 Å². The average molecular weight is 144 g/mol. The Kier molecular flexibility index (Phi) is 2.65. The first kappa shape index (κ1) is 7.98. The monoisotopic (exact) mass is 144 g/mol. The maximum Gasteiger partial charge on any atom is 0.0602 e. The molecule has 1 fully saturated rings. The number of hydrazine groups is 1. The number of nitrogens with zero attached hydrogens (tertiary/aromatic N) is 1. The number of rotatable bonds is 3. The third kappa shape index (κ3) is 1.94. The normalized spacial score (nSPS) is 32.4. The summed E-state index contributed by atoms with van der Waals surface area (Å²) in [5.74, 6) is 0. The van der Waals surface area contributed by atoms with E-state index in [-0.39, 0.29) is 0 Å². The van der Waals surface area contributed by atoms with Gasteiger partial charge in [0.2, 0.25) is 0 Å². The van der Waals surface area contributed by atoms with Gasteiger partial charge in [0, 0.05) is 27.2 Å². The molecule has 0 spiro atoms. The fraction of sp³-hybridized carbons (Fsp3) is 1.00. The zero-order valence-electron chi connectivity index (χ0n) is 6.92. The van der Waals surface area contributed by atoms with E-state index in [1.165, 1.54) is 0 Å². The molecule has 0 unspecified atom stereocenters. The first-order valence-electron chi connectivity index (χ1n) is 3.68. The summed E-state index contributed by atoms with van der Waals surface area (Å²) in [6.45, 7) is 0. The topological polar surface area (TPSA) is 24.5 Å². The highest BCUT2D eigenvalue weighted by molar-refractivity contribution is 4.84. The van der Waals surface area contributed by atoms with E-state index in [4.69, 9.17) is 4.74 Å². The summed E-state index contributed by atoms with van der Waals surface area (Å²) in [6, 6.07) is 0.639. The van der Waals surface area contributed by atoms with Gasteiger partial charge in [-0.25, -0.2) is 0 Å². The van der Waals surface area contributed by atoms with E-state index in [1.54, 1.807) is 7.11 Å². The lowest BCUT2D eigenvalue weighted by atomic mass is 9.90. The Labute approximate surface area is 62.3 Å². The molecule has 0 heterocycles. The molecule has 60 valence electrons. The third-order valence-corrected chi connectivity index (χ3v) is 1.87. The van der Waals surface area contributed by atoms with Crippen LogP contribution in [0.5, 0.6) is 0 Å². The van der Waals surface area contributed by atoms with Crippen LogP contribution >= 0.6 is 0 Å². The van der Waals surface area contributed by atoms with Gasteiger partial charge in [-0.05, 0) is 12.8 Å². The highest BCUT2D eigenvalue weighted by Gasteiger charge is 2.28. The van der Waals surface area contributed by atoms with Crippen molar-refractivity contribution in [1.29, 1.82) is 0 Å². The fourth-order valence-electron chi connectivity index (χ4n) is 1.23. The fourth-order valence-corrected chi connectivity index (χ4v) is 1.23. The van der Waals surface area contributed by atoms with Gasteiger partial charge in [-0.1, -0.05) is 0 Å². The number of ether oxygens (including phenoxy) is 1. The van der Waals surface area contributed by atoms with Gasteiger partial charge >= 0.3 is 0 Å². The molecule has 1 saturated carbocycles. The van der Waals surface area contributed by atoms with Crippen LogP contribution in [0.1, 0.15) is 12.8 Å². The van der Waals surface area contributed by atoms with E-state index in [2.05, 4.69) is 5.43 Å². The van der Waals surface area contributed by atoms with Crippen molar-refractivity contribution in [3.05, 3.63) is 0 Å². The Morgan fingerprint density at radius 3 is 2.40 bits per heavy atom. The van der Waals surface area contributed by atoms with Crippen LogP contribution in [0.4, 0.5) is 0 Å². The zero-order valence-corrected chi connectivity index (χ0v) is 6.92. The molecule has 1 rings (SSSR count). The molecule has 0 amide bonds. The van der Waals surface area contributed by atoms with Crippen LogP contribution in [-0.4, -0.2) is 38.4 Å². The molecule has 3 nitrogen and oxygen atoms in total. The molecular formula is C7H16N2O. The second-order valence-corrected chi connectivity index (χ2v) is 3.05. The van der Waals surface area contributed by atoms with Gasteiger partial charge in [0.25, 0.3) is 0 Å². The van der Waals surface area contributed by atoms with Crippen molar-refractivity contribution >= 4 is 0 Å². The molecular weight excluding hydrogens is 128 g/mol. The van der Waals surface area contributed by atoms with E-state index in [1.807, 2.05) is 19.1 Å². The van der Waals surface area contributed by atoms with Crippen LogP contribution in [0.15, 0.2) is 0 Å². The van der Waals surface area contributed by atoms with Crippen LogP contribution in [0.3, 0.4) is 0 Å². The predicted molar refractivity (Wildman–Crippen MR) is 40.6 cm³/mol. The van der Waals surface area contributed by atoms with Crippen molar-refractivity contribution in [2.45, 2.75) is 25.0 Å².